The van der Waals surface area contributed by atoms with Crippen LogP contribution in [0.3, 0.4) is 0 Å². The van der Waals surface area contributed by atoms with Crippen LogP contribution >= 0.6 is 0 Å². The average molecular weight is 295 g/mol. The lowest BCUT2D eigenvalue weighted by molar-refractivity contribution is 0.198. The van der Waals surface area contributed by atoms with E-state index in [0.29, 0.717) is 36.3 Å². The second kappa shape index (κ2) is 7.97. The van der Waals surface area contributed by atoms with Gasteiger partial charge in [-0.25, -0.2) is 0 Å². The predicted octanol–water partition coefficient (Wildman–Crippen LogP) is 1.52. The summed E-state index contributed by atoms with van der Waals surface area (Å²) in [7, 11) is 1.77. The quantitative estimate of drug-likeness (QED) is 0.669. The highest BCUT2D eigenvalue weighted by atomic mass is 16.5. The Morgan fingerprint density at radius 1 is 1.19 bits per heavy atom. The molecule has 2 unspecified atom stereocenters. The monoisotopic (exact) mass is 295 g/mol. The minimum Gasteiger partial charge on any atom is -0.463 e. The van der Waals surface area contributed by atoms with Crippen molar-refractivity contribution in [2.45, 2.75) is 32.6 Å². The molecule has 2 rings (SSSR count). The van der Waals surface area contributed by atoms with Gasteiger partial charge < -0.3 is 20.5 Å². The summed E-state index contributed by atoms with van der Waals surface area (Å²) in [5, 5.41) is 15.5. The maximum absolute atomic E-state index is 9.36. The third-order valence-electron chi connectivity index (χ3n) is 3.85. The molecule has 7 nitrogen and oxygen atoms in total. The van der Waals surface area contributed by atoms with Crippen LogP contribution in [0.2, 0.25) is 0 Å². The Hall–Kier alpha value is -1.63. The number of hydrogen-bond acceptors (Lipinski definition) is 7. The number of rotatable bonds is 8. The van der Waals surface area contributed by atoms with Crippen LogP contribution in [0.1, 0.15) is 32.6 Å². The summed E-state index contributed by atoms with van der Waals surface area (Å²) in [6.07, 6.45) is 4.33. The molecule has 1 aliphatic rings. The molecule has 21 heavy (non-hydrogen) atoms. The number of anilines is 2. The number of aliphatic hydroxyl groups excluding tert-OH is 1. The molecule has 0 radical (unpaired) electrons. The molecule has 1 aromatic rings. The number of nitrogens with zero attached hydrogens (tertiary/aromatic N) is 3. The molecular weight excluding hydrogens is 270 g/mol. The molecule has 0 aromatic carbocycles. The number of aliphatic hydroxyl groups is 1. The average Bonchev–Trinajstić information content (AvgIpc) is 2.98. The smallest absolute Gasteiger partial charge is 0.323 e. The first-order valence-electron chi connectivity index (χ1n) is 7.68. The first-order chi connectivity index (χ1) is 10.3. The minimum absolute atomic E-state index is 0.260. The second-order valence-corrected chi connectivity index (χ2v) is 5.38. The van der Waals surface area contributed by atoms with Crippen LogP contribution in [-0.2, 0) is 0 Å². The Balaban J connectivity index is 1.97. The zero-order chi connectivity index (χ0) is 15.1. The van der Waals surface area contributed by atoms with Gasteiger partial charge >= 0.3 is 6.01 Å². The van der Waals surface area contributed by atoms with E-state index in [9.17, 15) is 5.11 Å². The van der Waals surface area contributed by atoms with Gasteiger partial charge in [0.05, 0.1) is 6.61 Å². The predicted molar refractivity (Wildman–Crippen MR) is 81.6 cm³/mol. The molecule has 1 heterocycles. The molecule has 0 saturated heterocycles. The molecule has 1 fully saturated rings. The Morgan fingerprint density at radius 2 is 1.95 bits per heavy atom. The van der Waals surface area contributed by atoms with Crippen LogP contribution in [0.25, 0.3) is 0 Å². The number of aromatic nitrogens is 3. The highest BCUT2D eigenvalue weighted by Crippen LogP contribution is 2.31. The fourth-order valence-corrected chi connectivity index (χ4v) is 2.65. The first kappa shape index (κ1) is 15.8. The summed E-state index contributed by atoms with van der Waals surface area (Å²) < 4.78 is 5.47. The summed E-state index contributed by atoms with van der Waals surface area (Å²) in [5.74, 6) is 1.87. The normalized spacial score (nSPS) is 21.3. The van der Waals surface area contributed by atoms with Crippen molar-refractivity contribution >= 4 is 11.9 Å². The lowest BCUT2D eigenvalue weighted by Gasteiger charge is -2.18. The number of nitrogens with one attached hydrogen (secondary N) is 2. The molecule has 118 valence electrons. The largest absolute Gasteiger partial charge is 0.463 e. The number of hydrogen-bond donors (Lipinski definition) is 3. The second-order valence-electron chi connectivity index (χ2n) is 5.38. The standard InChI is InChI=1S/C14H25N5O2/c1-3-7-21-14-18-12(15-2)17-13(19-14)16-8-10-5-4-6-11(10)9-20/h10-11,20H,3-9H2,1-2H3,(H2,15,16,17,18,19). The highest BCUT2D eigenvalue weighted by molar-refractivity contribution is 5.35. The van der Waals surface area contributed by atoms with Crippen molar-refractivity contribution in [3.63, 3.8) is 0 Å². The van der Waals surface area contributed by atoms with Crippen LogP contribution < -0.4 is 15.4 Å². The van der Waals surface area contributed by atoms with Crippen molar-refractivity contribution in [1.82, 2.24) is 15.0 Å². The molecular formula is C14H25N5O2. The summed E-state index contributed by atoms with van der Waals surface area (Å²) >= 11 is 0. The third-order valence-corrected chi connectivity index (χ3v) is 3.85. The molecule has 3 N–H and O–H groups in total. The van der Waals surface area contributed by atoms with Crippen LogP contribution in [0.4, 0.5) is 11.9 Å². The van der Waals surface area contributed by atoms with Crippen molar-refractivity contribution in [1.29, 1.82) is 0 Å². The molecule has 0 amide bonds. The van der Waals surface area contributed by atoms with Crippen LogP contribution in [-0.4, -0.2) is 46.9 Å². The third kappa shape index (κ3) is 4.42. The van der Waals surface area contributed by atoms with Crippen molar-refractivity contribution in [3.8, 4) is 6.01 Å². The zero-order valence-corrected chi connectivity index (χ0v) is 12.8. The highest BCUT2D eigenvalue weighted by Gasteiger charge is 2.26. The van der Waals surface area contributed by atoms with E-state index in [-0.39, 0.29) is 6.61 Å². The fourth-order valence-electron chi connectivity index (χ4n) is 2.65. The maximum atomic E-state index is 9.36. The molecule has 0 spiro atoms. The van der Waals surface area contributed by atoms with E-state index < -0.39 is 0 Å². The molecule has 1 saturated carbocycles. The zero-order valence-electron chi connectivity index (χ0n) is 12.8. The van der Waals surface area contributed by atoms with Crippen LogP contribution in [0, 0.1) is 11.8 Å². The van der Waals surface area contributed by atoms with Crippen molar-refractivity contribution in [2.75, 3.05) is 37.4 Å². The van der Waals surface area contributed by atoms with E-state index in [1.807, 2.05) is 6.92 Å². The van der Waals surface area contributed by atoms with Gasteiger partial charge in [0.1, 0.15) is 0 Å². The van der Waals surface area contributed by atoms with E-state index in [2.05, 4.69) is 25.6 Å². The van der Waals surface area contributed by atoms with Gasteiger partial charge in [-0.2, -0.15) is 15.0 Å². The van der Waals surface area contributed by atoms with Gasteiger partial charge in [-0.15, -0.1) is 0 Å². The molecule has 1 aliphatic carbocycles. The fraction of sp³-hybridized carbons (Fsp3) is 0.786. The Morgan fingerprint density at radius 3 is 2.67 bits per heavy atom. The van der Waals surface area contributed by atoms with Gasteiger partial charge in [-0.05, 0) is 31.1 Å². The maximum Gasteiger partial charge on any atom is 0.323 e. The van der Waals surface area contributed by atoms with E-state index in [1.165, 1.54) is 6.42 Å². The SMILES string of the molecule is CCCOc1nc(NC)nc(NCC2CCCC2CO)n1. The summed E-state index contributed by atoms with van der Waals surface area (Å²) in [6, 6.07) is 0.337. The lowest BCUT2D eigenvalue weighted by atomic mass is 9.97. The van der Waals surface area contributed by atoms with Gasteiger partial charge in [0, 0.05) is 20.2 Å². The van der Waals surface area contributed by atoms with E-state index in [4.69, 9.17) is 4.74 Å². The van der Waals surface area contributed by atoms with Crippen LogP contribution in [0.5, 0.6) is 6.01 Å². The Labute approximate surface area is 125 Å². The molecule has 7 heteroatoms. The number of ether oxygens (including phenoxy) is 1. The van der Waals surface area contributed by atoms with E-state index in [0.717, 1.165) is 25.8 Å². The summed E-state index contributed by atoms with van der Waals surface area (Å²) in [4.78, 5) is 12.7. The van der Waals surface area contributed by atoms with Gasteiger partial charge in [0.2, 0.25) is 11.9 Å². The summed E-state index contributed by atoms with van der Waals surface area (Å²) in [6.45, 7) is 3.65. The molecule has 0 aliphatic heterocycles. The molecule has 1 aromatic heterocycles. The lowest BCUT2D eigenvalue weighted by Crippen LogP contribution is -2.22. The Bertz CT molecular complexity index is 443. The van der Waals surface area contributed by atoms with Crippen molar-refractivity contribution in [3.05, 3.63) is 0 Å². The van der Waals surface area contributed by atoms with Crippen LogP contribution in [0.15, 0.2) is 0 Å². The minimum atomic E-state index is 0.260. The first-order valence-corrected chi connectivity index (χ1v) is 7.68. The molecule has 0 bridgehead atoms. The molecule has 2 atom stereocenters. The van der Waals surface area contributed by atoms with Gasteiger partial charge in [-0.3, -0.25) is 0 Å². The van der Waals surface area contributed by atoms with E-state index in [1.54, 1.807) is 7.05 Å². The topological polar surface area (TPSA) is 92.2 Å². The van der Waals surface area contributed by atoms with Gasteiger partial charge in [0.15, 0.2) is 0 Å². The summed E-state index contributed by atoms with van der Waals surface area (Å²) in [5.41, 5.74) is 0. The Kier molecular flexibility index (Phi) is 5.98. The van der Waals surface area contributed by atoms with Gasteiger partial charge in [-0.1, -0.05) is 13.3 Å². The van der Waals surface area contributed by atoms with E-state index >= 15 is 0 Å². The van der Waals surface area contributed by atoms with Crippen molar-refractivity contribution in [2.24, 2.45) is 11.8 Å². The van der Waals surface area contributed by atoms with Gasteiger partial charge in [0.25, 0.3) is 0 Å². The van der Waals surface area contributed by atoms with Crippen molar-refractivity contribution < 1.29 is 9.84 Å².